The van der Waals surface area contributed by atoms with E-state index < -0.39 is 10.8 Å². The maximum absolute atomic E-state index is 12.3. The summed E-state index contributed by atoms with van der Waals surface area (Å²) in [6.45, 7) is 1.61. The Labute approximate surface area is 94.4 Å². The molecule has 0 amide bonds. The van der Waals surface area contributed by atoms with Gasteiger partial charge in [-0.15, -0.1) is 0 Å². The largest absolute Gasteiger partial charge is 0.381 e. The predicted octanol–water partition coefficient (Wildman–Crippen LogP) is 1.05. The summed E-state index contributed by atoms with van der Waals surface area (Å²) in [5, 5.41) is 4.13. The quantitative estimate of drug-likeness (QED) is 0.789. The smallest absolute Gasteiger partial charge is 0.0477 e. The van der Waals surface area contributed by atoms with Gasteiger partial charge in [0.25, 0.3) is 0 Å². The van der Waals surface area contributed by atoms with Gasteiger partial charge in [-0.2, -0.15) is 0 Å². The molecule has 3 atom stereocenters. The molecule has 3 nitrogen and oxygen atoms in total. The lowest BCUT2D eigenvalue weighted by Gasteiger charge is -2.24. The van der Waals surface area contributed by atoms with Crippen LogP contribution < -0.4 is 5.32 Å². The minimum absolute atomic E-state index is 0.402. The molecule has 0 spiro atoms. The Morgan fingerprint density at radius 3 is 2.47 bits per heavy atom. The first-order valence-corrected chi connectivity index (χ1v) is 7.23. The van der Waals surface area contributed by atoms with Gasteiger partial charge in [0.05, 0.1) is 0 Å². The molecule has 1 saturated heterocycles. The highest BCUT2D eigenvalue weighted by atomic mass is 32.2. The van der Waals surface area contributed by atoms with Crippen LogP contribution in [0.2, 0.25) is 0 Å². The molecule has 0 radical (unpaired) electrons. The van der Waals surface area contributed by atoms with E-state index in [0.29, 0.717) is 16.5 Å². The Bertz CT molecular complexity index is 229. The number of hydrogen-bond donors (Lipinski definition) is 1. The molecule has 3 unspecified atom stereocenters. The summed E-state index contributed by atoms with van der Waals surface area (Å²) in [5.74, 6) is 0. The van der Waals surface area contributed by atoms with Crippen LogP contribution in [0.3, 0.4) is 0 Å². The van der Waals surface area contributed by atoms with Crippen molar-refractivity contribution in [2.24, 2.45) is 0 Å². The van der Waals surface area contributed by atoms with Gasteiger partial charge in [-0.1, -0.05) is 0 Å². The van der Waals surface area contributed by atoms with Crippen LogP contribution in [0, 0.1) is 0 Å². The first kappa shape index (κ1) is 11.6. The van der Waals surface area contributed by atoms with Gasteiger partial charge >= 0.3 is 0 Å². The molecule has 0 aromatic rings. The molecule has 4 heteroatoms. The maximum Gasteiger partial charge on any atom is 0.0477 e. The van der Waals surface area contributed by atoms with Gasteiger partial charge in [0, 0.05) is 40.6 Å². The van der Waals surface area contributed by atoms with E-state index in [1.165, 1.54) is 6.42 Å². The van der Waals surface area contributed by atoms with E-state index in [4.69, 9.17) is 4.74 Å². The molecule has 0 aromatic carbocycles. The Morgan fingerprint density at radius 1 is 1.13 bits per heavy atom. The second kappa shape index (κ2) is 5.41. The molecular weight excluding hydrogens is 210 g/mol. The van der Waals surface area contributed by atoms with Gasteiger partial charge in [-0.3, -0.25) is 4.21 Å². The van der Waals surface area contributed by atoms with E-state index in [1.807, 2.05) is 7.05 Å². The first-order valence-electron chi connectivity index (χ1n) is 5.95. The average Bonchev–Trinajstić information content (AvgIpc) is 2.78. The van der Waals surface area contributed by atoms with Crippen LogP contribution in [-0.4, -0.2) is 41.0 Å². The Morgan fingerprint density at radius 2 is 1.87 bits per heavy atom. The van der Waals surface area contributed by atoms with Crippen molar-refractivity contribution in [2.75, 3.05) is 20.3 Å². The Kier molecular flexibility index (Phi) is 4.17. The van der Waals surface area contributed by atoms with Gasteiger partial charge in [0.15, 0.2) is 0 Å². The van der Waals surface area contributed by atoms with Crippen molar-refractivity contribution in [3.63, 3.8) is 0 Å². The van der Waals surface area contributed by atoms with Gasteiger partial charge < -0.3 is 10.1 Å². The van der Waals surface area contributed by atoms with Crippen LogP contribution in [0.1, 0.15) is 32.1 Å². The standard InChI is InChI=1S/C11H21NO2S/c1-12-9-2-3-11(8-9)15(13)10-4-6-14-7-5-10/h9-12H,2-8H2,1H3. The first-order chi connectivity index (χ1) is 7.31. The zero-order valence-electron chi connectivity index (χ0n) is 9.41. The lowest BCUT2D eigenvalue weighted by Crippen LogP contribution is -2.31. The number of ether oxygens (including phenoxy) is 1. The van der Waals surface area contributed by atoms with Crippen molar-refractivity contribution in [2.45, 2.75) is 48.6 Å². The molecule has 2 rings (SSSR count). The molecule has 1 saturated carbocycles. The highest BCUT2D eigenvalue weighted by molar-refractivity contribution is 7.86. The van der Waals surface area contributed by atoms with E-state index in [1.54, 1.807) is 0 Å². The number of nitrogens with one attached hydrogen (secondary N) is 1. The fourth-order valence-corrected chi connectivity index (χ4v) is 4.59. The molecular formula is C11H21NO2S. The Hall–Kier alpha value is 0.0700. The van der Waals surface area contributed by atoms with E-state index in [9.17, 15) is 4.21 Å². The second-order valence-corrected chi connectivity index (χ2v) is 6.55. The normalized spacial score (nSPS) is 35.5. The third kappa shape index (κ3) is 2.80. The van der Waals surface area contributed by atoms with E-state index in [-0.39, 0.29) is 0 Å². The Balaban J connectivity index is 1.85. The number of hydrogen-bond acceptors (Lipinski definition) is 3. The highest BCUT2D eigenvalue weighted by Crippen LogP contribution is 2.28. The van der Waals surface area contributed by atoms with Crippen LogP contribution in [0.4, 0.5) is 0 Å². The van der Waals surface area contributed by atoms with Crippen LogP contribution in [0.15, 0.2) is 0 Å². The third-order valence-electron chi connectivity index (χ3n) is 3.62. The molecule has 1 N–H and O–H groups in total. The molecule has 2 aliphatic rings. The van der Waals surface area contributed by atoms with Crippen molar-refractivity contribution in [1.82, 2.24) is 5.32 Å². The minimum Gasteiger partial charge on any atom is -0.381 e. The molecule has 1 aliphatic carbocycles. The van der Waals surface area contributed by atoms with Crippen LogP contribution >= 0.6 is 0 Å². The van der Waals surface area contributed by atoms with Gasteiger partial charge in [0.1, 0.15) is 0 Å². The van der Waals surface area contributed by atoms with Gasteiger partial charge in [0.2, 0.25) is 0 Å². The van der Waals surface area contributed by atoms with E-state index in [0.717, 1.165) is 38.9 Å². The number of rotatable bonds is 3. The molecule has 88 valence electrons. The zero-order valence-corrected chi connectivity index (χ0v) is 10.2. The molecule has 1 aliphatic heterocycles. The summed E-state index contributed by atoms with van der Waals surface area (Å²) in [7, 11) is 1.38. The van der Waals surface area contributed by atoms with Crippen LogP contribution in [-0.2, 0) is 15.5 Å². The molecule has 2 fully saturated rings. The summed E-state index contributed by atoms with van der Waals surface area (Å²) in [5.41, 5.74) is 0. The SMILES string of the molecule is CNC1CCC(S(=O)C2CCOCC2)C1. The lowest BCUT2D eigenvalue weighted by atomic mass is 10.2. The second-order valence-electron chi connectivity index (χ2n) is 4.56. The molecule has 0 aromatic heterocycles. The monoisotopic (exact) mass is 231 g/mol. The molecule has 1 heterocycles. The molecule has 0 bridgehead atoms. The summed E-state index contributed by atoms with van der Waals surface area (Å²) >= 11 is 0. The summed E-state index contributed by atoms with van der Waals surface area (Å²) in [6.07, 6.45) is 5.41. The summed E-state index contributed by atoms with van der Waals surface area (Å²) in [4.78, 5) is 0. The van der Waals surface area contributed by atoms with E-state index in [2.05, 4.69) is 5.32 Å². The van der Waals surface area contributed by atoms with Crippen molar-refractivity contribution >= 4 is 10.8 Å². The van der Waals surface area contributed by atoms with Crippen LogP contribution in [0.5, 0.6) is 0 Å². The summed E-state index contributed by atoms with van der Waals surface area (Å²) in [6, 6.07) is 0.596. The van der Waals surface area contributed by atoms with Crippen LogP contribution in [0.25, 0.3) is 0 Å². The van der Waals surface area contributed by atoms with Crippen molar-refractivity contribution < 1.29 is 8.95 Å². The topological polar surface area (TPSA) is 38.3 Å². The minimum atomic E-state index is -0.624. The zero-order chi connectivity index (χ0) is 10.7. The van der Waals surface area contributed by atoms with E-state index >= 15 is 0 Å². The lowest BCUT2D eigenvalue weighted by molar-refractivity contribution is 0.0991. The van der Waals surface area contributed by atoms with Gasteiger partial charge in [-0.25, -0.2) is 0 Å². The molecule has 15 heavy (non-hydrogen) atoms. The summed E-state index contributed by atoms with van der Waals surface area (Å²) < 4.78 is 17.6. The van der Waals surface area contributed by atoms with Crippen molar-refractivity contribution in [3.8, 4) is 0 Å². The van der Waals surface area contributed by atoms with Gasteiger partial charge in [-0.05, 0) is 39.2 Å². The maximum atomic E-state index is 12.3. The average molecular weight is 231 g/mol. The fourth-order valence-electron chi connectivity index (χ4n) is 2.59. The van der Waals surface area contributed by atoms with Crippen molar-refractivity contribution in [1.29, 1.82) is 0 Å². The van der Waals surface area contributed by atoms with Crippen molar-refractivity contribution in [3.05, 3.63) is 0 Å². The third-order valence-corrected chi connectivity index (χ3v) is 5.83. The fraction of sp³-hybridized carbons (Fsp3) is 1.00. The predicted molar refractivity (Wildman–Crippen MR) is 62.5 cm³/mol. The highest BCUT2D eigenvalue weighted by Gasteiger charge is 2.32.